The van der Waals surface area contributed by atoms with Gasteiger partial charge < -0.3 is 10.6 Å². The summed E-state index contributed by atoms with van der Waals surface area (Å²) in [5.41, 5.74) is 0. The Labute approximate surface area is 114 Å². The maximum Gasteiger partial charge on any atom is 0.391 e. The molecule has 1 heterocycles. The number of nitrogens with one attached hydrogen (secondary N) is 3. The first kappa shape index (κ1) is 15.1. The van der Waals surface area contributed by atoms with Crippen LogP contribution >= 0.6 is 0 Å². The fourth-order valence-corrected chi connectivity index (χ4v) is 2.67. The highest BCUT2D eigenvalue weighted by atomic mass is 19.4. The normalized spacial score (nSPS) is 31.6. The molecule has 1 aliphatic carbocycles. The van der Waals surface area contributed by atoms with Crippen LogP contribution in [0.15, 0.2) is 0 Å². The first-order chi connectivity index (χ1) is 9.36. The molecule has 0 aromatic heterocycles. The van der Waals surface area contributed by atoms with E-state index in [1.165, 1.54) is 0 Å². The van der Waals surface area contributed by atoms with Crippen LogP contribution in [0, 0.1) is 5.92 Å². The van der Waals surface area contributed by atoms with Crippen molar-refractivity contribution >= 4 is 11.8 Å². The zero-order valence-electron chi connectivity index (χ0n) is 10.9. The van der Waals surface area contributed by atoms with E-state index in [-0.39, 0.29) is 37.7 Å². The summed E-state index contributed by atoms with van der Waals surface area (Å²) in [5, 5.41) is 7.95. The third kappa shape index (κ3) is 3.84. The monoisotopic (exact) mass is 293 g/mol. The van der Waals surface area contributed by atoms with E-state index >= 15 is 0 Å². The van der Waals surface area contributed by atoms with Crippen LogP contribution in [0.2, 0.25) is 0 Å². The third-order valence-electron chi connectivity index (χ3n) is 3.81. The fourth-order valence-electron chi connectivity index (χ4n) is 2.67. The topological polar surface area (TPSA) is 70.2 Å². The number of halogens is 3. The van der Waals surface area contributed by atoms with Gasteiger partial charge in [-0.3, -0.25) is 14.9 Å². The van der Waals surface area contributed by atoms with Gasteiger partial charge in [0.1, 0.15) is 6.04 Å². The number of carbonyl (C=O) groups is 2. The van der Waals surface area contributed by atoms with Crippen LogP contribution in [0.5, 0.6) is 0 Å². The molecule has 3 unspecified atom stereocenters. The second-order valence-corrected chi connectivity index (χ2v) is 5.35. The lowest BCUT2D eigenvalue weighted by molar-refractivity contribution is -0.184. The maximum atomic E-state index is 12.7. The number of rotatable bonds is 2. The SMILES string of the molecule is O=C1CNC(C(=O)NC2CCCC(C(F)(F)F)C2)CN1. The molecule has 2 aliphatic rings. The van der Waals surface area contributed by atoms with Crippen molar-refractivity contribution in [2.45, 2.75) is 43.9 Å². The molecule has 0 aromatic rings. The quantitative estimate of drug-likeness (QED) is 0.686. The zero-order valence-corrected chi connectivity index (χ0v) is 10.9. The molecule has 0 spiro atoms. The standard InChI is InChI=1S/C12H18F3N3O2/c13-12(14,15)7-2-1-3-8(4-7)18-11(20)9-5-17-10(19)6-16-9/h7-9,16H,1-6H2,(H,17,19)(H,18,20). The zero-order chi connectivity index (χ0) is 14.8. The number of carbonyl (C=O) groups excluding carboxylic acids is 2. The van der Waals surface area contributed by atoms with Gasteiger partial charge in [0, 0.05) is 12.6 Å². The van der Waals surface area contributed by atoms with E-state index in [9.17, 15) is 22.8 Å². The first-order valence-electron chi connectivity index (χ1n) is 6.73. The minimum atomic E-state index is -4.19. The van der Waals surface area contributed by atoms with Gasteiger partial charge in [-0.2, -0.15) is 13.2 Å². The number of hydrogen-bond donors (Lipinski definition) is 3. The van der Waals surface area contributed by atoms with Crippen LogP contribution in [-0.2, 0) is 9.59 Å². The lowest BCUT2D eigenvalue weighted by Gasteiger charge is -2.32. The second-order valence-electron chi connectivity index (χ2n) is 5.35. The van der Waals surface area contributed by atoms with Gasteiger partial charge in [0.15, 0.2) is 0 Å². The maximum absolute atomic E-state index is 12.7. The molecule has 2 rings (SSSR count). The van der Waals surface area contributed by atoms with Crippen LogP contribution in [0.4, 0.5) is 13.2 Å². The van der Waals surface area contributed by atoms with Crippen molar-refractivity contribution < 1.29 is 22.8 Å². The van der Waals surface area contributed by atoms with Gasteiger partial charge in [-0.25, -0.2) is 0 Å². The highest BCUT2D eigenvalue weighted by molar-refractivity contribution is 5.86. The molecule has 1 aliphatic heterocycles. The Morgan fingerprint density at radius 2 is 2.05 bits per heavy atom. The number of piperazine rings is 1. The van der Waals surface area contributed by atoms with Crippen molar-refractivity contribution in [1.82, 2.24) is 16.0 Å². The molecule has 0 bridgehead atoms. The summed E-state index contributed by atoms with van der Waals surface area (Å²) in [7, 11) is 0. The number of alkyl halides is 3. The van der Waals surface area contributed by atoms with Gasteiger partial charge in [0.2, 0.25) is 11.8 Å². The largest absolute Gasteiger partial charge is 0.391 e. The van der Waals surface area contributed by atoms with Crippen LogP contribution in [-0.4, -0.2) is 43.2 Å². The predicted molar refractivity (Wildman–Crippen MR) is 64.7 cm³/mol. The molecule has 2 amide bonds. The molecule has 8 heteroatoms. The molecule has 1 saturated carbocycles. The summed E-state index contributed by atoms with van der Waals surface area (Å²) in [5.74, 6) is -1.87. The second kappa shape index (κ2) is 5.99. The lowest BCUT2D eigenvalue weighted by Crippen LogP contribution is -2.59. The van der Waals surface area contributed by atoms with Crippen LogP contribution in [0.25, 0.3) is 0 Å². The van der Waals surface area contributed by atoms with E-state index in [4.69, 9.17) is 0 Å². The number of amides is 2. The predicted octanol–water partition coefficient (Wildman–Crippen LogP) is 0.312. The molecule has 5 nitrogen and oxygen atoms in total. The van der Waals surface area contributed by atoms with Gasteiger partial charge in [-0.1, -0.05) is 6.42 Å². The highest BCUT2D eigenvalue weighted by Crippen LogP contribution is 2.37. The van der Waals surface area contributed by atoms with Crippen molar-refractivity contribution in [2.75, 3.05) is 13.1 Å². The lowest BCUT2D eigenvalue weighted by atomic mass is 9.85. The van der Waals surface area contributed by atoms with Crippen molar-refractivity contribution in [2.24, 2.45) is 5.92 Å². The average Bonchev–Trinajstić information content (AvgIpc) is 2.38. The molecule has 1 saturated heterocycles. The van der Waals surface area contributed by atoms with Crippen LogP contribution in [0.1, 0.15) is 25.7 Å². The van der Waals surface area contributed by atoms with Gasteiger partial charge in [0.25, 0.3) is 0 Å². The Kier molecular flexibility index (Phi) is 4.52. The summed E-state index contributed by atoms with van der Waals surface area (Å²) in [6.07, 6.45) is -3.09. The smallest absolute Gasteiger partial charge is 0.353 e. The van der Waals surface area contributed by atoms with Crippen LogP contribution in [0.3, 0.4) is 0 Å². The first-order valence-corrected chi connectivity index (χ1v) is 6.73. The molecule has 3 N–H and O–H groups in total. The Bertz CT molecular complexity index is 377. The van der Waals surface area contributed by atoms with E-state index in [1.807, 2.05) is 0 Å². The summed E-state index contributed by atoms with van der Waals surface area (Å²) < 4.78 is 38.0. The Balaban J connectivity index is 1.83. The van der Waals surface area contributed by atoms with E-state index in [0.717, 1.165) is 0 Å². The number of hydrogen-bond acceptors (Lipinski definition) is 3. The Morgan fingerprint density at radius 1 is 1.30 bits per heavy atom. The van der Waals surface area contributed by atoms with Crippen molar-refractivity contribution in [3.63, 3.8) is 0 Å². The summed E-state index contributed by atoms with van der Waals surface area (Å²) in [6, 6.07) is -1.01. The Morgan fingerprint density at radius 3 is 2.65 bits per heavy atom. The van der Waals surface area contributed by atoms with Gasteiger partial charge >= 0.3 is 6.18 Å². The van der Waals surface area contributed by atoms with Crippen LogP contribution < -0.4 is 16.0 Å². The summed E-state index contributed by atoms with van der Waals surface area (Å²) in [4.78, 5) is 22.9. The van der Waals surface area contributed by atoms with Crippen molar-refractivity contribution in [3.8, 4) is 0 Å². The molecule has 3 atom stereocenters. The van der Waals surface area contributed by atoms with E-state index in [2.05, 4.69) is 16.0 Å². The minimum absolute atomic E-state index is 0.0495. The molecule has 20 heavy (non-hydrogen) atoms. The fraction of sp³-hybridized carbons (Fsp3) is 0.833. The van der Waals surface area contributed by atoms with Gasteiger partial charge in [-0.15, -0.1) is 0 Å². The van der Waals surface area contributed by atoms with Crippen molar-refractivity contribution in [3.05, 3.63) is 0 Å². The van der Waals surface area contributed by atoms with E-state index < -0.39 is 24.2 Å². The molecule has 2 fully saturated rings. The van der Waals surface area contributed by atoms with Gasteiger partial charge in [0.05, 0.1) is 12.5 Å². The van der Waals surface area contributed by atoms with E-state index in [0.29, 0.717) is 12.8 Å². The molecule has 0 aromatic carbocycles. The molecular formula is C12H18F3N3O2. The summed E-state index contributed by atoms with van der Waals surface area (Å²) >= 11 is 0. The molecular weight excluding hydrogens is 275 g/mol. The minimum Gasteiger partial charge on any atom is -0.353 e. The van der Waals surface area contributed by atoms with E-state index in [1.54, 1.807) is 0 Å². The average molecular weight is 293 g/mol. The van der Waals surface area contributed by atoms with Gasteiger partial charge in [-0.05, 0) is 19.3 Å². The third-order valence-corrected chi connectivity index (χ3v) is 3.81. The molecule has 0 radical (unpaired) electrons. The summed E-state index contributed by atoms with van der Waals surface area (Å²) in [6.45, 7) is 0.216. The highest BCUT2D eigenvalue weighted by Gasteiger charge is 2.42. The Hall–Kier alpha value is -1.31. The molecule has 114 valence electrons. The van der Waals surface area contributed by atoms with Crippen molar-refractivity contribution in [1.29, 1.82) is 0 Å².